The van der Waals surface area contributed by atoms with Gasteiger partial charge >= 0.3 is 0 Å². The average Bonchev–Trinajstić information content (AvgIpc) is 2.31. The van der Waals surface area contributed by atoms with Crippen LogP contribution < -0.4 is 0 Å². The van der Waals surface area contributed by atoms with E-state index in [2.05, 4.69) is 18.2 Å². The number of carbonyl (C=O) groups is 1. The summed E-state index contributed by atoms with van der Waals surface area (Å²) in [4.78, 5) is 13.6. The van der Waals surface area contributed by atoms with Crippen LogP contribution in [0.1, 0.15) is 12.5 Å². The largest absolute Gasteiger partial charge is 0.338 e. The second-order valence-corrected chi connectivity index (χ2v) is 4.38. The summed E-state index contributed by atoms with van der Waals surface area (Å²) in [5.74, 6) is 0.237. The van der Waals surface area contributed by atoms with Gasteiger partial charge in [0.1, 0.15) is 0 Å². The zero-order chi connectivity index (χ0) is 11.5. The lowest BCUT2D eigenvalue weighted by molar-refractivity contribution is -0.134. The van der Waals surface area contributed by atoms with E-state index in [-0.39, 0.29) is 17.9 Å². The fourth-order valence-corrected chi connectivity index (χ4v) is 2.05. The molecule has 0 unspecified atom stereocenters. The number of benzene rings is 1. The van der Waals surface area contributed by atoms with Gasteiger partial charge < -0.3 is 4.90 Å². The Morgan fingerprint density at radius 3 is 2.56 bits per heavy atom. The molecule has 1 amide bonds. The summed E-state index contributed by atoms with van der Waals surface area (Å²) in [6, 6.07) is 10.5. The van der Waals surface area contributed by atoms with E-state index in [1.165, 1.54) is 5.56 Å². The molecule has 0 N–H and O–H groups in total. The second kappa shape index (κ2) is 4.52. The molecule has 0 saturated heterocycles. The van der Waals surface area contributed by atoms with Gasteiger partial charge in [-0.2, -0.15) is 0 Å². The molecule has 1 heterocycles. The highest BCUT2D eigenvalue weighted by molar-refractivity contribution is 5.81. The molecular formula is C14H17NO. The molecule has 16 heavy (non-hydrogen) atoms. The van der Waals surface area contributed by atoms with Crippen molar-refractivity contribution in [1.29, 1.82) is 0 Å². The van der Waals surface area contributed by atoms with Crippen LogP contribution in [0, 0.1) is 5.92 Å². The van der Waals surface area contributed by atoms with Gasteiger partial charge in [0.2, 0.25) is 5.91 Å². The van der Waals surface area contributed by atoms with Gasteiger partial charge in [0, 0.05) is 7.05 Å². The Hall–Kier alpha value is -1.57. The minimum atomic E-state index is 0.0250. The van der Waals surface area contributed by atoms with E-state index in [1.807, 2.05) is 43.1 Å². The van der Waals surface area contributed by atoms with Crippen LogP contribution in [-0.2, 0) is 11.2 Å². The molecule has 2 atom stereocenters. The van der Waals surface area contributed by atoms with Crippen molar-refractivity contribution in [3.8, 4) is 0 Å². The van der Waals surface area contributed by atoms with E-state index in [9.17, 15) is 4.79 Å². The van der Waals surface area contributed by atoms with Crippen molar-refractivity contribution in [1.82, 2.24) is 4.90 Å². The predicted octanol–water partition coefficient (Wildman–Crippen LogP) is 2.26. The number of likely N-dealkylation sites (N-methyl/N-ethyl adjacent to an activating group) is 1. The van der Waals surface area contributed by atoms with Gasteiger partial charge in [-0.1, -0.05) is 49.4 Å². The molecule has 84 valence electrons. The first-order valence-electron chi connectivity index (χ1n) is 5.67. The van der Waals surface area contributed by atoms with E-state index >= 15 is 0 Å². The van der Waals surface area contributed by atoms with E-state index in [4.69, 9.17) is 0 Å². The first kappa shape index (κ1) is 10.9. The second-order valence-electron chi connectivity index (χ2n) is 4.38. The predicted molar refractivity (Wildman–Crippen MR) is 65.0 cm³/mol. The maximum absolute atomic E-state index is 11.8. The van der Waals surface area contributed by atoms with Crippen LogP contribution in [0.4, 0.5) is 0 Å². The van der Waals surface area contributed by atoms with Gasteiger partial charge in [0.15, 0.2) is 0 Å². The van der Waals surface area contributed by atoms with Gasteiger partial charge in [0.05, 0.1) is 12.0 Å². The van der Waals surface area contributed by atoms with E-state index in [1.54, 1.807) is 0 Å². The third-order valence-electron chi connectivity index (χ3n) is 3.14. The zero-order valence-corrected chi connectivity index (χ0v) is 9.76. The normalized spacial score (nSPS) is 24.9. The van der Waals surface area contributed by atoms with Gasteiger partial charge in [0.25, 0.3) is 0 Å². The Morgan fingerprint density at radius 1 is 1.19 bits per heavy atom. The lowest BCUT2D eigenvalue weighted by atomic mass is 9.97. The Balaban J connectivity index is 2.12. The quantitative estimate of drug-likeness (QED) is 0.693. The lowest BCUT2D eigenvalue weighted by Gasteiger charge is -2.31. The lowest BCUT2D eigenvalue weighted by Crippen LogP contribution is -2.42. The smallest absolute Gasteiger partial charge is 0.229 e. The number of rotatable bonds is 2. The summed E-state index contributed by atoms with van der Waals surface area (Å²) in [6.45, 7) is 1.94. The standard InChI is InChI=1S/C14H17NO/c1-11-8-9-13(15(2)14(11)16)10-12-6-4-3-5-7-12/h3-9,11,13H,10H2,1-2H3/t11-,13+/m0/s1. The van der Waals surface area contributed by atoms with Crippen LogP contribution in [0.5, 0.6) is 0 Å². The molecular weight excluding hydrogens is 198 g/mol. The van der Waals surface area contributed by atoms with Crippen molar-refractivity contribution < 1.29 is 4.79 Å². The maximum Gasteiger partial charge on any atom is 0.229 e. The first-order valence-corrected chi connectivity index (χ1v) is 5.67. The molecule has 0 bridgehead atoms. The highest BCUT2D eigenvalue weighted by Gasteiger charge is 2.25. The molecule has 1 aliphatic heterocycles. The summed E-state index contributed by atoms with van der Waals surface area (Å²) in [7, 11) is 1.88. The van der Waals surface area contributed by atoms with Gasteiger partial charge in [-0.3, -0.25) is 4.79 Å². The molecule has 0 fully saturated rings. The van der Waals surface area contributed by atoms with Crippen molar-refractivity contribution in [2.45, 2.75) is 19.4 Å². The van der Waals surface area contributed by atoms with Crippen LogP contribution in [0.3, 0.4) is 0 Å². The Bertz CT molecular complexity index is 396. The van der Waals surface area contributed by atoms with Crippen molar-refractivity contribution in [2.24, 2.45) is 5.92 Å². The van der Waals surface area contributed by atoms with Gasteiger partial charge in [-0.25, -0.2) is 0 Å². The minimum Gasteiger partial charge on any atom is -0.338 e. The molecule has 2 heteroatoms. The fraction of sp³-hybridized carbons (Fsp3) is 0.357. The van der Waals surface area contributed by atoms with Crippen molar-refractivity contribution in [2.75, 3.05) is 7.05 Å². The molecule has 1 aromatic rings. The topological polar surface area (TPSA) is 20.3 Å². The molecule has 2 rings (SSSR count). The van der Waals surface area contributed by atoms with E-state index < -0.39 is 0 Å². The van der Waals surface area contributed by atoms with Crippen LogP contribution >= 0.6 is 0 Å². The fourth-order valence-electron chi connectivity index (χ4n) is 2.05. The SMILES string of the molecule is C[C@H]1C=C[C@H](Cc2ccccc2)N(C)C1=O. The van der Waals surface area contributed by atoms with Crippen LogP contribution in [0.15, 0.2) is 42.5 Å². The van der Waals surface area contributed by atoms with Crippen LogP contribution in [0.25, 0.3) is 0 Å². The summed E-state index contributed by atoms with van der Waals surface area (Å²) < 4.78 is 0. The van der Waals surface area contributed by atoms with Gasteiger partial charge in [-0.05, 0) is 12.0 Å². The number of amides is 1. The third kappa shape index (κ3) is 2.16. The zero-order valence-electron chi connectivity index (χ0n) is 9.76. The molecule has 0 aromatic heterocycles. The van der Waals surface area contributed by atoms with E-state index in [0.29, 0.717) is 0 Å². The van der Waals surface area contributed by atoms with Crippen LogP contribution in [-0.4, -0.2) is 23.9 Å². The molecule has 0 radical (unpaired) electrons. The maximum atomic E-state index is 11.8. The Morgan fingerprint density at radius 2 is 1.88 bits per heavy atom. The summed E-state index contributed by atoms with van der Waals surface area (Å²) in [5, 5.41) is 0. The molecule has 0 aliphatic carbocycles. The van der Waals surface area contributed by atoms with E-state index in [0.717, 1.165) is 6.42 Å². The minimum absolute atomic E-state index is 0.0250. The van der Waals surface area contributed by atoms with Crippen LogP contribution in [0.2, 0.25) is 0 Å². The highest BCUT2D eigenvalue weighted by Crippen LogP contribution is 2.17. The number of nitrogens with zero attached hydrogens (tertiary/aromatic N) is 1. The molecule has 0 spiro atoms. The third-order valence-corrected chi connectivity index (χ3v) is 3.14. The highest BCUT2D eigenvalue weighted by atomic mass is 16.2. The van der Waals surface area contributed by atoms with Gasteiger partial charge in [-0.15, -0.1) is 0 Å². The van der Waals surface area contributed by atoms with Crippen molar-refractivity contribution in [3.05, 3.63) is 48.0 Å². The molecule has 2 nitrogen and oxygen atoms in total. The van der Waals surface area contributed by atoms with Crippen molar-refractivity contribution in [3.63, 3.8) is 0 Å². The Labute approximate surface area is 96.6 Å². The number of carbonyl (C=O) groups excluding carboxylic acids is 1. The Kier molecular flexibility index (Phi) is 3.09. The monoisotopic (exact) mass is 215 g/mol. The summed E-state index contributed by atoms with van der Waals surface area (Å²) >= 11 is 0. The van der Waals surface area contributed by atoms with Crippen molar-refractivity contribution >= 4 is 5.91 Å². The average molecular weight is 215 g/mol. The summed E-state index contributed by atoms with van der Waals surface area (Å²) in [6.07, 6.45) is 5.04. The number of hydrogen-bond donors (Lipinski definition) is 0. The first-order chi connectivity index (χ1) is 7.68. The molecule has 0 saturated carbocycles. The summed E-state index contributed by atoms with van der Waals surface area (Å²) in [5.41, 5.74) is 1.27. The number of hydrogen-bond acceptors (Lipinski definition) is 1. The molecule has 1 aromatic carbocycles. The molecule has 1 aliphatic rings.